The molecule has 0 unspecified atom stereocenters. The van der Waals surface area contributed by atoms with Gasteiger partial charge in [0.1, 0.15) is 6.54 Å². The lowest BCUT2D eigenvalue weighted by Crippen LogP contribution is -2.42. The Labute approximate surface area is 89.8 Å². The summed E-state index contributed by atoms with van der Waals surface area (Å²) in [4.78, 5) is 24.8. The summed E-state index contributed by atoms with van der Waals surface area (Å²) in [5.41, 5.74) is 0. The van der Waals surface area contributed by atoms with Crippen molar-refractivity contribution in [2.24, 2.45) is 0 Å². The average molecular weight is 217 g/mol. The summed E-state index contributed by atoms with van der Waals surface area (Å²) in [7, 11) is 3.40. The molecule has 0 aromatic heterocycles. The van der Waals surface area contributed by atoms with Crippen molar-refractivity contribution < 1.29 is 14.7 Å². The van der Waals surface area contributed by atoms with Gasteiger partial charge in [0, 0.05) is 20.1 Å². The van der Waals surface area contributed by atoms with E-state index < -0.39 is 5.97 Å². The van der Waals surface area contributed by atoms with Gasteiger partial charge >= 0.3 is 12.0 Å². The number of carboxylic acid groups (broad SMARTS) is 1. The van der Waals surface area contributed by atoms with Crippen LogP contribution in [0, 0.1) is 0 Å². The van der Waals surface area contributed by atoms with Crippen molar-refractivity contribution in [1.29, 1.82) is 0 Å². The molecule has 0 rings (SSSR count). The molecule has 0 aromatic carbocycles. The minimum absolute atomic E-state index is 0.282. The molecular weight excluding hydrogens is 198 g/mol. The highest BCUT2D eigenvalue weighted by Gasteiger charge is 2.10. The van der Waals surface area contributed by atoms with Gasteiger partial charge in [-0.25, -0.2) is 4.79 Å². The van der Waals surface area contributed by atoms with Gasteiger partial charge in [-0.15, -0.1) is 0 Å². The largest absolute Gasteiger partial charge is 0.480 e. The van der Waals surface area contributed by atoms with E-state index in [1.807, 2.05) is 14.0 Å². The van der Waals surface area contributed by atoms with E-state index in [0.29, 0.717) is 6.54 Å². The first kappa shape index (κ1) is 13.7. The molecule has 0 fully saturated rings. The van der Waals surface area contributed by atoms with Crippen LogP contribution in [0.3, 0.4) is 0 Å². The Bertz CT molecular complexity index is 221. The van der Waals surface area contributed by atoms with E-state index in [1.165, 1.54) is 7.05 Å². The lowest BCUT2D eigenvalue weighted by molar-refractivity contribution is -0.137. The first-order chi connectivity index (χ1) is 6.97. The number of nitrogens with zero attached hydrogens (tertiary/aromatic N) is 2. The Kier molecular flexibility index (Phi) is 6.44. The maximum Gasteiger partial charge on any atom is 0.323 e. The van der Waals surface area contributed by atoms with Crippen LogP contribution < -0.4 is 5.32 Å². The summed E-state index contributed by atoms with van der Waals surface area (Å²) in [5.74, 6) is -1.02. The number of aliphatic carboxylic acids is 1. The number of nitrogens with one attached hydrogen (secondary N) is 1. The van der Waals surface area contributed by atoms with Crippen LogP contribution in [0.4, 0.5) is 4.79 Å². The SMILES string of the molecule is CCN(C)CCNC(=O)N(C)CC(=O)O. The van der Waals surface area contributed by atoms with E-state index in [1.54, 1.807) is 0 Å². The highest BCUT2D eigenvalue weighted by molar-refractivity contribution is 5.79. The molecule has 6 heteroatoms. The fourth-order valence-electron chi connectivity index (χ4n) is 0.921. The molecule has 0 heterocycles. The molecule has 0 bridgehead atoms. The number of amides is 2. The molecule has 0 saturated heterocycles. The molecule has 0 aliphatic heterocycles. The Morgan fingerprint density at radius 1 is 1.33 bits per heavy atom. The summed E-state index contributed by atoms with van der Waals surface area (Å²) in [5, 5.41) is 11.1. The molecule has 0 aromatic rings. The summed E-state index contributed by atoms with van der Waals surface area (Å²) < 4.78 is 0. The molecule has 0 saturated carbocycles. The molecule has 88 valence electrons. The van der Waals surface area contributed by atoms with Crippen LogP contribution in [0.5, 0.6) is 0 Å². The van der Waals surface area contributed by atoms with Gasteiger partial charge in [0.2, 0.25) is 0 Å². The van der Waals surface area contributed by atoms with Crippen molar-refractivity contribution in [1.82, 2.24) is 15.1 Å². The summed E-state index contributed by atoms with van der Waals surface area (Å²) in [6.45, 7) is 3.94. The summed E-state index contributed by atoms with van der Waals surface area (Å²) in [6.07, 6.45) is 0. The second-order valence-corrected chi connectivity index (χ2v) is 3.38. The Morgan fingerprint density at radius 2 is 1.93 bits per heavy atom. The van der Waals surface area contributed by atoms with Crippen molar-refractivity contribution in [3.8, 4) is 0 Å². The quantitative estimate of drug-likeness (QED) is 0.638. The van der Waals surface area contributed by atoms with Crippen molar-refractivity contribution >= 4 is 12.0 Å². The van der Waals surface area contributed by atoms with Gasteiger partial charge < -0.3 is 20.2 Å². The fourth-order valence-corrected chi connectivity index (χ4v) is 0.921. The van der Waals surface area contributed by atoms with Crippen LogP contribution in [-0.2, 0) is 4.79 Å². The van der Waals surface area contributed by atoms with Gasteiger partial charge in [-0.2, -0.15) is 0 Å². The second kappa shape index (κ2) is 7.05. The minimum Gasteiger partial charge on any atom is -0.480 e. The number of likely N-dealkylation sites (N-methyl/N-ethyl adjacent to an activating group) is 2. The molecule has 2 N–H and O–H groups in total. The zero-order chi connectivity index (χ0) is 11.8. The summed E-state index contributed by atoms with van der Waals surface area (Å²) in [6, 6.07) is -0.359. The predicted molar refractivity (Wildman–Crippen MR) is 56.8 cm³/mol. The normalized spacial score (nSPS) is 10.1. The van der Waals surface area contributed by atoms with E-state index in [0.717, 1.165) is 18.0 Å². The van der Waals surface area contributed by atoms with E-state index in [-0.39, 0.29) is 12.6 Å². The van der Waals surface area contributed by atoms with Crippen molar-refractivity contribution in [3.05, 3.63) is 0 Å². The third kappa shape index (κ3) is 6.73. The number of urea groups is 1. The fraction of sp³-hybridized carbons (Fsp3) is 0.778. The van der Waals surface area contributed by atoms with Crippen molar-refractivity contribution in [3.63, 3.8) is 0 Å². The van der Waals surface area contributed by atoms with Crippen molar-refractivity contribution in [2.45, 2.75) is 6.92 Å². The monoisotopic (exact) mass is 217 g/mol. The topological polar surface area (TPSA) is 72.9 Å². The first-order valence-corrected chi connectivity index (χ1v) is 4.86. The van der Waals surface area contributed by atoms with Crippen LogP contribution >= 0.6 is 0 Å². The number of carboxylic acids is 1. The maximum atomic E-state index is 11.3. The minimum atomic E-state index is -1.02. The van der Waals surface area contributed by atoms with Gasteiger partial charge in [-0.3, -0.25) is 4.79 Å². The van der Waals surface area contributed by atoms with Crippen LogP contribution in [0.2, 0.25) is 0 Å². The predicted octanol–water partition coefficient (Wildman–Crippen LogP) is -0.336. The second-order valence-electron chi connectivity index (χ2n) is 3.38. The number of carbonyl (C=O) groups is 2. The number of carbonyl (C=O) groups excluding carboxylic acids is 1. The van der Waals surface area contributed by atoms with Crippen LogP contribution in [0.15, 0.2) is 0 Å². The van der Waals surface area contributed by atoms with E-state index >= 15 is 0 Å². The Hall–Kier alpha value is -1.30. The number of hydrogen-bond donors (Lipinski definition) is 2. The Morgan fingerprint density at radius 3 is 2.40 bits per heavy atom. The molecule has 6 nitrogen and oxygen atoms in total. The maximum absolute atomic E-state index is 11.3. The lowest BCUT2D eigenvalue weighted by Gasteiger charge is -2.18. The van der Waals surface area contributed by atoms with E-state index in [2.05, 4.69) is 10.2 Å². The smallest absolute Gasteiger partial charge is 0.323 e. The molecule has 0 radical (unpaired) electrons. The molecule has 0 atom stereocenters. The zero-order valence-electron chi connectivity index (χ0n) is 9.49. The van der Waals surface area contributed by atoms with E-state index in [9.17, 15) is 9.59 Å². The number of hydrogen-bond acceptors (Lipinski definition) is 3. The molecule has 0 spiro atoms. The van der Waals surface area contributed by atoms with Gasteiger partial charge in [-0.05, 0) is 13.6 Å². The molecule has 0 aliphatic carbocycles. The molecule has 2 amide bonds. The van der Waals surface area contributed by atoms with Crippen LogP contribution in [0.1, 0.15) is 6.92 Å². The van der Waals surface area contributed by atoms with Crippen molar-refractivity contribution in [2.75, 3.05) is 40.3 Å². The number of rotatable bonds is 6. The van der Waals surface area contributed by atoms with Gasteiger partial charge in [0.05, 0.1) is 0 Å². The highest BCUT2D eigenvalue weighted by Crippen LogP contribution is 1.84. The van der Waals surface area contributed by atoms with Gasteiger partial charge in [0.25, 0.3) is 0 Å². The first-order valence-electron chi connectivity index (χ1n) is 4.86. The van der Waals surface area contributed by atoms with Gasteiger partial charge in [0.15, 0.2) is 0 Å². The lowest BCUT2D eigenvalue weighted by atomic mass is 10.5. The zero-order valence-corrected chi connectivity index (χ0v) is 9.49. The van der Waals surface area contributed by atoms with Crippen LogP contribution in [-0.4, -0.2) is 67.2 Å². The van der Waals surface area contributed by atoms with Gasteiger partial charge in [-0.1, -0.05) is 6.92 Å². The Balaban J connectivity index is 3.69. The molecular formula is C9H19N3O3. The highest BCUT2D eigenvalue weighted by atomic mass is 16.4. The third-order valence-corrected chi connectivity index (χ3v) is 2.03. The molecule has 15 heavy (non-hydrogen) atoms. The average Bonchev–Trinajstić information content (AvgIpc) is 2.16. The molecule has 0 aliphatic rings. The van der Waals surface area contributed by atoms with E-state index in [4.69, 9.17) is 5.11 Å². The van der Waals surface area contributed by atoms with Crippen LogP contribution in [0.25, 0.3) is 0 Å². The third-order valence-electron chi connectivity index (χ3n) is 2.03. The summed E-state index contributed by atoms with van der Waals surface area (Å²) >= 11 is 0. The standard InChI is InChI=1S/C9H19N3O3/c1-4-11(2)6-5-10-9(15)12(3)7-8(13)14/h4-7H2,1-3H3,(H,10,15)(H,13,14).